The molecule has 28 heavy (non-hydrogen) atoms. The SMILES string of the molecule is N#C/C(=C/c1ccc(OCc2ccc(Cl)cc2Cl)cc1)C(=O)N1CCCCC1. The number of rotatable bonds is 5. The van der Waals surface area contributed by atoms with Gasteiger partial charge in [-0.15, -0.1) is 0 Å². The molecule has 0 unspecified atom stereocenters. The number of ether oxygens (including phenoxy) is 1. The van der Waals surface area contributed by atoms with Gasteiger partial charge >= 0.3 is 0 Å². The standard InChI is InChI=1S/C22H20Cl2N2O2/c23-19-7-6-17(21(24)13-19)15-28-20-8-4-16(5-9-20)12-18(14-25)22(27)26-10-2-1-3-11-26/h4-9,12-13H,1-3,10-11,15H2/b18-12-. The Labute approximate surface area is 174 Å². The molecule has 1 aliphatic rings. The fourth-order valence-electron chi connectivity index (χ4n) is 3.04. The summed E-state index contributed by atoms with van der Waals surface area (Å²) in [7, 11) is 0. The first-order valence-corrected chi connectivity index (χ1v) is 9.90. The molecule has 144 valence electrons. The minimum atomic E-state index is -0.195. The predicted molar refractivity (Wildman–Crippen MR) is 111 cm³/mol. The van der Waals surface area contributed by atoms with Crippen LogP contribution in [-0.2, 0) is 11.4 Å². The van der Waals surface area contributed by atoms with E-state index in [2.05, 4.69) is 0 Å². The largest absolute Gasteiger partial charge is 0.489 e. The molecule has 0 bridgehead atoms. The van der Waals surface area contributed by atoms with Gasteiger partial charge in [-0.1, -0.05) is 41.4 Å². The molecule has 1 fully saturated rings. The third kappa shape index (κ3) is 5.28. The molecule has 3 rings (SSSR count). The van der Waals surface area contributed by atoms with Crippen LogP contribution in [0.4, 0.5) is 0 Å². The van der Waals surface area contributed by atoms with Crippen LogP contribution in [-0.4, -0.2) is 23.9 Å². The molecule has 2 aromatic carbocycles. The lowest BCUT2D eigenvalue weighted by Crippen LogP contribution is -2.36. The number of nitrogens with zero attached hydrogens (tertiary/aromatic N) is 2. The Kier molecular flexibility index (Phi) is 6.97. The monoisotopic (exact) mass is 414 g/mol. The second kappa shape index (κ2) is 9.64. The fraction of sp³-hybridized carbons (Fsp3) is 0.273. The van der Waals surface area contributed by atoms with Gasteiger partial charge in [0, 0.05) is 28.7 Å². The number of amides is 1. The Morgan fingerprint density at radius 2 is 1.82 bits per heavy atom. The van der Waals surface area contributed by atoms with E-state index in [1.165, 1.54) is 0 Å². The Balaban J connectivity index is 1.64. The van der Waals surface area contributed by atoms with Crippen molar-refractivity contribution >= 4 is 35.2 Å². The number of hydrogen-bond acceptors (Lipinski definition) is 3. The van der Waals surface area contributed by atoms with Crippen molar-refractivity contribution in [1.29, 1.82) is 5.26 Å². The zero-order chi connectivity index (χ0) is 19.9. The quantitative estimate of drug-likeness (QED) is 0.479. The van der Waals surface area contributed by atoms with Gasteiger partial charge in [-0.2, -0.15) is 5.26 Å². The third-order valence-corrected chi connectivity index (χ3v) is 5.18. The summed E-state index contributed by atoms with van der Waals surface area (Å²) in [6, 6.07) is 14.5. The van der Waals surface area contributed by atoms with Gasteiger partial charge in [0.05, 0.1) is 0 Å². The Morgan fingerprint density at radius 1 is 1.11 bits per heavy atom. The van der Waals surface area contributed by atoms with E-state index < -0.39 is 0 Å². The molecule has 1 aliphatic heterocycles. The highest BCUT2D eigenvalue weighted by Gasteiger charge is 2.20. The molecule has 0 spiro atoms. The molecular formula is C22H20Cl2N2O2. The maximum Gasteiger partial charge on any atom is 0.264 e. The van der Waals surface area contributed by atoms with Gasteiger partial charge in [-0.05, 0) is 55.2 Å². The van der Waals surface area contributed by atoms with Crippen LogP contribution >= 0.6 is 23.2 Å². The van der Waals surface area contributed by atoms with E-state index in [0.717, 1.165) is 43.5 Å². The first kappa shape index (κ1) is 20.3. The number of hydrogen-bond donors (Lipinski definition) is 0. The number of carbonyl (C=O) groups is 1. The minimum Gasteiger partial charge on any atom is -0.489 e. The minimum absolute atomic E-state index is 0.156. The molecule has 1 heterocycles. The zero-order valence-corrected chi connectivity index (χ0v) is 16.8. The summed E-state index contributed by atoms with van der Waals surface area (Å²) in [6.45, 7) is 1.76. The van der Waals surface area contributed by atoms with Gasteiger partial charge in [0.1, 0.15) is 24.0 Å². The summed E-state index contributed by atoms with van der Waals surface area (Å²) in [5, 5.41) is 10.5. The molecule has 0 atom stereocenters. The van der Waals surface area contributed by atoms with E-state index in [1.54, 1.807) is 35.2 Å². The molecule has 0 aromatic heterocycles. The lowest BCUT2D eigenvalue weighted by molar-refractivity contribution is -0.127. The second-order valence-corrected chi connectivity index (χ2v) is 7.46. The summed E-state index contributed by atoms with van der Waals surface area (Å²) in [5.74, 6) is 0.476. The summed E-state index contributed by atoms with van der Waals surface area (Å²) >= 11 is 12.0. The van der Waals surface area contributed by atoms with Crippen LogP contribution in [0.25, 0.3) is 6.08 Å². The number of carbonyl (C=O) groups excluding carboxylic acids is 1. The van der Waals surface area contributed by atoms with Crippen LogP contribution in [0.2, 0.25) is 10.0 Å². The first-order chi connectivity index (χ1) is 13.6. The molecular weight excluding hydrogens is 395 g/mol. The Morgan fingerprint density at radius 3 is 2.46 bits per heavy atom. The van der Waals surface area contributed by atoms with Gasteiger partial charge < -0.3 is 9.64 Å². The van der Waals surface area contributed by atoms with Crippen molar-refractivity contribution in [3.63, 3.8) is 0 Å². The summed E-state index contributed by atoms with van der Waals surface area (Å²) in [6.07, 6.45) is 4.75. The summed E-state index contributed by atoms with van der Waals surface area (Å²) < 4.78 is 5.75. The van der Waals surface area contributed by atoms with Crippen molar-refractivity contribution in [2.45, 2.75) is 25.9 Å². The molecule has 0 N–H and O–H groups in total. The second-order valence-electron chi connectivity index (χ2n) is 6.62. The van der Waals surface area contributed by atoms with Gasteiger partial charge in [0.2, 0.25) is 0 Å². The van der Waals surface area contributed by atoms with Crippen LogP contribution in [0.1, 0.15) is 30.4 Å². The van der Waals surface area contributed by atoms with E-state index in [1.807, 2.05) is 24.3 Å². The number of piperidine rings is 1. The molecule has 0 radical (unpaired) electrons. The van der Waals surface area contributed by atoms with Crippen molar-refractivity contribution < 1.29 is 9.53 Å². The lowest BCUT2D eigenvalue weighted by Gasteiger charge is -2.26. The molecule has 1 saturated heterocycles. The highest BCUT2D eigenvalue weighted by atomic mass is 35.5. The number of likely N-dealkylation sites (tertiary alicyclic amines) is 1. The molecule has 1 amide bonds. The smallest absolute Gasteiger partial charge is 0.264 e. The normalized spacial score (nSPS) is 14.5. The van der Waals surface area contributed by atoms with Gasteiger partial charge in [-0.25, -0.2) is 0 Å². The average molecular weight is 415 g/mol. The molecule has 0 aliphatic carbocycles. The van der Waals surface area contributed by atoms with E-state index in [-0.39, 0.29) is 11.5 Å². The molecule has 4 nitrogen and oxygen atoms in total. The molecule has 2 aromatic rings. The van der Waals surface area contributed by atoms with Crippen LogP contribution in [0.5, 0.6) is 5.75 Å². The number of halogens is 2. The number of nitriles is 1. The molecule has 0 saturated carbocycles. The number of benzene rings is 2. The third-order valence-electron chi connectivity index (χ3n) is 4.59. The van der Waals surface area contributed by atoms with Gasteiger partial charge in [-0.3, -0.25) is 4.79 Å². The van der Waals surface area contributed by atoms with E-state index in [4.69, 9.17) is 27.9 Å². The first-order valence-electron chi connectivity index (χ1n) is 9.14. The van der Waals surface area contributed by atoms with E-state index >= 15 is 0 Å². The van der Waals surface area contributed by atoms with Crippen molar-refractivity contribution in [1.82, 2.24) is 4.90 Å². The highest BCUT2D eigenvalue weighted by Crippen LogP contribution is 2.23. The van der Waals surface area contributed by atoms with Crippen LogP contribution in [0, 0.1) is 11.3 Å². The maximum atomic E-state index is 12.5. The van der Waals surface area contributed by atoms with E-state index in [0.29, 0.717) is 22.4 Å². The zero-order valence-electron chi connectivity index (χ0n) is 15.3. The Bertz CT molecular complexity index is 911. The Hall–Kier alpha value is -2.48. The maximum absolute atomic E-state index is 12.5. The van der Waals surface area contributed by atoms with Gasteiger partial charge in [0.15, 0.2) is 0 Å². The summed E-state index contributed by atoms with van der Waals surface area (Å²) in [4.78, 5) is 14.3. The van der Waals surface area contributed by atoms with Crippen LogP contribution < -0.4 is 4.74 Å². The van der Waals surface area contributed by atoms with E-state index in [9.17, 15) is 10.1 Å². The van der Waals surface area contributed by atoms with Crippen LogP contribution in [0.15, 0.2) is 48.0 Å². The van der Waals surface area contributed by atoms with Crippen molar-refractivity contribution in [2.75, 3.05) is 13.1 Å². The highest BCUT2D eigenvalue weighted by molar-refractivity contribution is 6.35. The van der Waals surface area contributed by atoms with Crippen molar-refractivity contribution in [3.05, 3.63) is 69.2 Å². The summed E-state index contributed by atoms with van der Waals surface area (Å²) in [5.41, 5.74) is 1.77. The predicted octanol–water partition coefficient (Wildman–Crippen LogP) is 5.49. The van der Waals surface area contributed by atoms with Crippen molar-refractivity contribution in [3.8, 4) is 11.8 Å². The van der Waals surface area contributed by atoms with Crippen LogP contribution in [0.3, 0.4) is 0 Å². The van der Waals surface area contributed by atoms with Gasteiger partial charge in [0.25, 0.3) is 5.91 Å². The topological polar surface area (TPSA) is 53.3 Å². The molecule has 6 heteroatoms. The van der Waals surface area contributed by atoms with Crippen molar-refractivity contribution in [2.24, 2.45) is 0 Å². The average Bonchev–Trinajstić information content (AvgIpc) is 2.72. The lowest BCUT2D eigenvalue weighted by atomic mass is 10.1. The fourth-order valence-corrected chi connectivity index (χ4v) is 3.50.